The molecule has 3 rings (SSSR count). The van der Waals surface area contributed by atoms with E-state index >= 15 is 0 Å². The highest BCUT2D eigenvalue weighted by Gasteiger charge is 2.11. The van der Waals surface area contributed by atoms with Crippen LogP contribution in [0, 0.1) is 0 Å². The molecule has 20 heavy (non-hydrogen) atoms. The van der Waals surface area contributed by atoms with Crippen LogP contribution >= 0.6 is 15.9 Å². The molecule has 0 spiro atoms. The smallest absolute Gasteiger partial charge is 0.0634 e. The number of aliphatic imine (C=N–C) groups is 1. The summed E-state index contributed by atoms with van der Waals surface area (Å²) in [5.41, 5.74) is 2.31. The largest absolute Gasteiger partial charge is 0.316 e. The first kappa shape index (κ1) is 13.6. The number of hydrogen-bond acceptors (Lipinski definition) is 1. The molecule has 1 aliphatic rings. The fourth-order valence-electron chi connectivity index (χ4n) is 2.77. The van der Waals surface area contributed by atoms with Crippen molar-refractivity contribution >= 4 is 22.1 Å². The van der Waals surface area contributed by atoms with E-state index in [1.165, 1.54) is 32.1 Å². The molecule has 104 valence electrons. The van der Waals surface area contributed by atoms with Crippen LogP contribution in [-0.2, 0) is 0 Å². The molecule has 0 bridgehead atoms. The molecule has 1 aromatic heterocycles. The Bertz CT molecular complexity index is 595. The second kappa shape index (κ2) is 6.40. The van der Waals surface area contributed by atoms with Crippen molar-refractivity contribution in [1.82, 2.24) is 4.57 Å². The summed E-state index contributed by atoms with van der Waals surface area (Å²) in [4.78, 5) is 4.78. The normalized spacial score (nSPS) is 16.9. The van der Waals surface area contributed by atoms with E-state index in [-0.39, 0.29) is 0 Å². The summed E-state index contributed by atoms with van der Waals surface area (Å²) in [6.45, 7) is 0. The van der Waals surface area contributed by atoms with Crippen LogP contribution in [0.2, 0.25) is 0 Å². The molecular formula is C17H19BrN2. The minimum absolute atomic E-state index is 0.523. The molecule has 0 atom stereocenters. The van der Waals surface area contributed by atoms with Gasteiger partial charge in [-0.1, -0.05) is 41.3 Å². The number of aromatic nitrogens is 1. The van der Waals surface area contributed by atoms with E-state index in [2.05, 4.69) is 57.0 Å². The van der Waals surface area contributed by atoms with Gasteiger partial charge in [0.15, 0.2) is 0 Å². The molecule has 1 heterocycles. The number of benzene rings is 1. The lowest BCUT2D eigenvalue weighted by molar-refractivity contribution is 0.444. The molecule has 0 N–H and O–H groups in total. The molecule has 0 unspecified atom stereocenters. The summed E-state index contributed by atoms with van der Waals surface area (Å²) < 4.78 is 3.27. The highest BCUT2D eigenvalue weighted by molar-refractivity contribution is 9.10. The molecule has 1 aromatic carbocycles. The summed E-state index contributed by atoms with van der Waals surface area (Å²) in [5.74, 6) is 0. The van der Waals surface area contributed by atoms with Crippen molar-refractivity contribution in [2.75, 3.05) is 0 Å². The highest BCUT2D eigenvalue weighted by atomic mass is 79.9. The van der Waals surface area contributed by atoms with Crippen LogP contribution in [0.25, 0.3) is 5.69 Å². The Kier molecular flexibility index (Phi) is 4.36. The maximum Gasteiger partial charge on any atom is 0.0634 e. The van der Waals surface area contributed by atoms with E-state index in [1.54, 1.807) is 0 Å². The summed E-state index contributed by atoms with van der Waals surface area (Å²) in [6.07, 6.45) is 10.6. The predicted molar refractivity (Wildman–Crippen MR) is 87.9 cm³/mol. The van der Waals surface area contributed by atoms with Crippen LogP contribution in [0.15, 0.2) is 52.1 Å². The van der Waals surface area contributed by atoms with E-state index in [0.717, 1.165) is 15.9 Å². The fourth-order valence-corrected chi connectivity index (χ4v) is 3.16. The van der Waals surface area contributed by atoms with Crippen LogP contribution in [0.5, 0.6) is 0 Å². The first-order chi connectivity index (χ1) is 9.83. The van der Waals surface area contributed by atoms with E-state index < -0.39 is 0 Å². The summed E-state index contributed by atoms with van der Waals surface area (Å²) in [6, 6.07) is 13.1. The topological polar surface area (TPSA) is 17.3 Å². The van der Waals surface area contributed by atoms with Gasteiger partial charge in [0, 0.05) is 22.6 Å². The Morgan fingerprint density at radius 2 is 1.95 bits per heavy atom. The average Bonchev–Trinajstić information content (AvgIpc) is 2.95. The Morgan fingerprint density at radius 1 is 1.10 bits per heavy atom. The van der Waals surface area contributed by atoms with E-state index in [0.29, 0.717) is 6.04 Å². The maximum absolute atomic E-state index is 4.78. The molecule has 0 radical (unpaired) electrons. The summed E-state index contributed by atoms with van der Waals surface area (Å²) in [5, 5.41) is 0. The van der Waals surface area contributed by atoms with Crippen molar-refractivity contribution in [1.29, 1.82) is 0 Å². The first-order valence-electron chi connectivity index (χ1n) is 7.29. The molecule has 0 saturated heterocycles. The standard InChI is InChI=1S/C17H19BrN2/c18-14-6-4-9-16(12-14)20-11-5-10-17(20)13-19-15-7-2-1-3-8-15/h4-6,9-13,15H,1-3,7-8H2. The minimum Gasteiger partial charge on any atom is -0.316 e. The monoisotopic (exact) mass is 330 g/mol. The van der Waals surface area contributed by atoms with E-state index in [1.807, 2.05) is 12.3 Å². The van der Waals surface area contributed by atoms with Gasteiger partial charge in [0.05, 0.1) is 11.7 Å². The SMILES string of the molecule is Brc1cccc(-n2cccc2C=NC2CCCCC2)c1. The van der Waals surface area contributed by atoms with Gasteiger partial charge in [0.25, 0.3) is 0 Å². The van der Waals surface area contributed by atoms with Crippen LogP contribution in [0.3, 0.4) is 0 Å². The molecule has 1 saturated carbocycles. The zero-order valence-electron chi connectivity index (χ0n) is 11.5. The maximum atomic E-state index is 4.78. The summed E-state index contributed by atoms with van der Waals surface area (Å²) in [7, 11) is 0. The third-order valence-electron chi connectivity index (χ3n) is 3.86. The van der Waals surface area contributed by atoms with Crippen molar-refractivity contribution in [3.05, 3.63) is 52.8 Å². The summed E-state index contributed by atoms with van der Waals surface area (Å²) >= 11 is 3.53. The van der Waals surface area contributed by atoms with Crippen LogP contribution < -0.4 is 0 Å². The van der Waals surface area contributed by atoms with Crippen LogP contribution in [-0.4, -0.2) is 16.8 Å². The Morgan fingerprint density at radius 3 is 2.75 bits per heavy atom. The van der Waals surface area contributed by atoms with Gasteiger partial charge >= 0.3 is 0 Å². The van der Waals surface area contributed by atoms with Gasteiger partial charge in [-0.15, -0.1) is 0 Å². The van der Waals surface area contributed by atoms with Crippen LogP contribution in [0.1, 0.15) is 37.8 Å². The fraction of sp³-hybridized carbons (Fsp3) is 0.353. The lowest BCUT2D eigenvalue weighted by Gasteiger charge is -2.17. The van der Waals surface area contributed by atoms with Gasteiger partial charge in [-0.2, -0.15) is 0 Å². The highest BCUT2D eigenvalue weighted by Crippen LogP contribution is 2.21. The Hall–Kier alpha value is -1.35. The third kappa shape index (κ3) is 3.21. The predicted octanol–water partition coefficient (Wildman–Crippen LogP) is 4.99. The first-order valence-corrected chi connectivity index (χ1v) is 8.09. The van der Waals surface area contributed by atoms with E-state index in [9.17, 15) is 0 Å². The van der Waals surface area contributed by atoms with Crippen molar-refractivity contribution < 1.29 is 0 Å². The van der Waals surface area contributed by atoms with E-state index in [4.69, 9.17) is 4.99 Å². The number of halogens is 1. The number of hydrogen-bond donors (Lipinski definition) is 0. The van der Waals surface area contributed by atoms with Gasteiger partial charge in [0.2, 0.25) is 0 Å². The van der Waals surface area contributed by atoms with Gasteiger partial charge < -0.3 is 4.57 Å². The zero-order valence-corrected chi connectivity index (χ0v) is 13.1. The molecule has 0 aliphatic heterocycles. The molecule has 0 amide bonds. The number of nitrogens with zero attached hydrogens (tertiary/aromatic N) is 2. The lowest BCUT2D eigenvalue weighted by Crippen LogP contribution is -2.10. The average molecular weight is 331 g/mol. The molecule has 2 nitrogen and oxygen atoms in total. The molecule has 1 fully saturated rings. The molecule has 2 aromatic rings. The van der Waals surface area contributed by atoms with Crippen molar-refractivity contribution in [3.63, 3.8) is 0 Å². The second-order valence-corrected chi connectivity index (χ2v) is 6.27. The van der Waals surface area contributed by atoms with Crippen molar-refractivity contribution in [2.24, 2.45) is 4.99 Å². The quantitative estimate of drug-likeness (QED) is 0.705. The Balaban J connectivity index is 1.81. The number of rotatable bonds is 3. The third-order valence-corrected chi connectivity index (χ3v) is 4.35. The van der Waals surface area contributed by atoms with Crippen molar-refractivity contribution in [3.8, 4) is 5.69 Å². The van der Waals surface area contributed by atoms with Gasteiger partial charge in [-0.25, -0.2) is 0 Å². The molecule has 3 heteroatoms. The van der Waals surface area contributed by atoms with Gasteiger partial charge in [-0.05, 0) is 43.2 Å². The van der Waals surface area contributed by atoms with Crippen molar-refractivity contribution in [2.45, 2.75) is 38.1 Å². The minimum atomic E-state index is 0.523. The van der Waals surface area contributed by atoms with Gasteiger partial charge in [0.1, 0.15) is 0 Å². The van der Waals surface area contributed by atoms with Gasteiger partial charge in [-0.3, -0.25) is 4.99 Å². The zero-order chi connectivity index (χ0) is 13.8. The second-order valence-electron chi connectivity index (χ2n) is 5.35. The molecule has 1 aliphatic carbocycles. The lowest BCUT2D eigenvalue weighted by atomic mass is 9.96. The molecular weight excluding hydrogens is 312 g/mol. The van der Waals surface area contributed by atoms with Crippen LogP contribution in [0.4, 0.5) is 0 Å². The Labute approximate surface area is 128 Å².